The Balaban J connectivity index is 1.44. The van der Waals surface area contributed by atoms with Gasteiger partial charge >= 0.3 is 12.1 Å². The van der Waals surface area contributed by atoms with Crippen LogP contribution in [0, 0.1) is 0 Å². The molecule has 1 heterocycles. The summed E-state index contributed by atoms with van der Waals surface area (Å²) in [6.07, 6.45) is 2.59. The lowest BCUT2D eigenvalue weighted by Crippen LogP contribution is -2.43. The summed E-state index contributed by atoms with van der Waals surface area (Å²) in [7, 11) is 0. The molecule has 3 rings (SSSR count). The van der Waals surface area contributed by atoms with Crippen LogP contribution in [0.2, 0.25) is 0 Å². The maximum atomic E-state index is 12.0. The summed E-state index contributed by atoms with van der Waals surface area (Å²) in [5.41, 5.74) is 0.702. The summed E-state index contributed by atoms with van der Waals surface area (Å²) in [6.45, 7) is 0. The Morgan fingerprint density at radius 3 is 2.64 bits per heavy atom. The van der Waals surface area contributed by atoms with Crippen LogP contribution in [0.3, 0.4) is 0 Å². The SMILES string of the molecule is O=C(Nc1cccs1)N[C@H]1CCC[C@@H](OC(=O)Nc2ccccc2)C1. The van der Waals surface area contributed by atoms with Crippen LogP contribution in [0.15, 0.2) is 47.8 Å². The summed E-state index contributed by atoms with van der Waals surface area (Å²) in [5.74, 6) is 0. The lowest BCUT2D eigenvalue weighted by molar-refractivity contribution is 0.0779. The van der Waals surface area contributed by atoms with Gasteiger partial charge in [-0.1, -0.05) is 18.2 Å². The second kappa shape index (κ2) is 8.53. The fraction of sp³-hybridized carbons (Fsp3) is 0.333. The largest absolute Gasteiger partial charge is 0.446 e. The van der Waals surface area contributed by atoms with E-state index in [2.05, 4.69) is 16.0 Å². The second-order valence-electron chi connectivity index (χ2n) is 5.96. The van der Waals surface area contributed by atoms with Crippen molar-refractivity contribution >= 4 is 34.1 Å². The standard InChI is InChI=1S/C18H21N3O3S/c22-17(21-16-10-5-11-25-16)19-14-8-4-9-15(12-14)24-18(23)20-13-6-2-1-3-7-13/h1-3,5-7,10-11,14-15H,4,8-9,12H2,(H,20,23)(H2,19,21,22)/t14-,15+/m0/s1. The number of benzene rings is 1. The van der Waals surface area contributed by atoms with Gasteiger partial charge in [-0.25, -0.2) is 9.59 Å². The molecular formula is C18H21N3O3S. The number of rotatable bonds is 4. The van der Waals surface area contributed by atoms with Gasteiger partial charge in [-0.15, -0.1) is 11.3 Å². The van der Waals surface area contributed by atoms with E-state index in [1.807, 2.05) is 35.7 Å². The molecule has 1 fully saturated rings. The first kappa shape index (κ1) is 17.3. The lowest BCUT2D eigenvalue weighted by Gasteiger charge is -2.29. The minimum absolute atomic E-state index is 0.00300. The van der Waals surface area contributed by atoms with Crippen LogP contribution in [-0.2, 0) is 4.74 Å². The molecule has 7 heteroatoms. The number of thiophene rings is 1. The van der Waals surface area contributed by atoms with Crippen LogP contribution in [0.1, 0.15) is 25.7 Å². The molecular weight excluding hydrogens is 338 g/mol. The Bertz CT molecular complexity index is 691. The molecule has 3 amide bonds. The fourth-order valence-electron chi connectivity index (χ4n) is 2.89. The maximum Gasteiger partial charge on any atom is 0.411 e. The van der Waals surface area contributed by atoms with Gasteiger partial charge < -0.3 is 10.1 Å². The van der Waals surface area contributed by atoms with Crippen LogP contribution in [-0.4, -0.2) is 24.3 Å². The zero-order chi connectivity index (χ0) is 17.5. The van der Waals surface area contributed by atoms with Gasteiger partial charge in [0.25, 0.3) is 0 Å². The van der Waals surface area contributed by atoms with Gasteiger partial charge in [-0.2, -0.15) is 0 Å². The number of hydrogen-bond acceptors (Lipinski definition) is 4. The van der Waals surface area contributed by atoms with Crippen molar-refractivity contribution in [3.05, 3.63) is 47.8 Å². The summed E-state index contributed by atoms with van der Waals surface area (Å²) < 4.78 is 5.49. The summed E-state index contributed by atoms with van der Waals surface area (Å²) in [5, 5.41) is 11.2. The van der Waals surface area contributed by atoms with E-state index in [0.29, 0.717) is 12.1 Å². The van der Waals surface area contributed by atoms with Crippen molar-refractivity contribution in [2.75, 3.05) is 10.6 Å². The van der Waals surface area contributed by atoms with Gasteiger partial charge in [0.05, 0.1) is 5.00 Å². The van der Waals surface area contributed by atoms with Gasteiger partial charge in [-0.05, 0) is 48.9 Å². The van der Waals surface area contributed by atoms with E-state index < -0.39 is 6.09 Å². The van der Waals surface area contributed by atoms with E-state index >= 15 is 0 Å². The molecule has 0 radical (unpaired) electrons. The highest BCUT2D eigenvalue weighted by atomic mass is 32.1. The zero-order valence-corrected chi connectivity index (χ0v) is 14.6. The highest BCUT2D eigenvalue weighted by Crippen LogP contribution is 2.22. The lowest BCUT2D eigenvalue weighted by atomic mass is 9.93. The van der Waals surface area contributed by atoms with E-state index in [4.69, 9.17) is 4.74 Å². The molecule has 1 aromatic heterocycles. The third kappa shape index (κ3) is 5.49. The van der Waals surface area contributed by atoms with E-state index in [9.17, 15) is 9.59 Å². The quantitative estimate of drug-likeness (QED) is 0.755. The molecule has 25 heavy (non-hydrogen) atoms. The molecule has 6 nitrogen and oxygen atoms in total. The maximum absolute atomic E-state index is 12.0. The molecule has 0 unspecified atom stereocenters. The topological polar surface area (TPSA) is 79.5 Å². The minimum atomic E-state index is -0.458. The highest BCUT2D eigenvalue weighted by molar-refractivity contribution is 7.14. The van der Waals surface area contributed by atoms with Crippen molar-refractivity contribution in [2.24, 2.45) is 0 Å². The van der Waals surface area contributed by atoms with Crippen molar-refractivity contribution in [3.63, 3.8) is 0 Å². The first-order chi connectivity index (χ1) is 12.2. The molecule has 1 aliphatic rings. The molecule has 0 spiro atoms. The van der Waals surface area contributed by atoms with Gasteiger partial charge in [0, 0.05) is 18.2 Å². The highest BCUT2D eigenvalue weighted by Gasteiger charge is 2.26. The first-order valence-corrected chi connectivity index (χ1v) is 9.21. The third-order valence-electron chi connectivity index (χ3n) is 4.01. The number of ether oxygens (including phenoxy) is 1. The predicted molar refractivity (Wildman–Crippen MR) is 99.1 cm³/mol. The minimum Gasteiger partial charge on any atom is -0.446 e. The molecule has 2 aromatic rings. The molecule has 1 aromatic carbocycles. The first-order valence-electron chi connectivity index (χ1n) is 8.33. The van der Waals surface area contributed by atoms with E-state index in [1.165, 1.54) is 11.3 Å². The van der Waals surface area contributed by atoms with Gasteiger partial charge in [0.1, 0.15) is 6.10 Å². The van der Waals surface area contributed by atoms with Crippen LogP contribution in [0.5, 0.6) is 0 Å². The van der Waals surface area contributed by atoms with E-state index in [1.54, 1.807) is 12.1 Å². The van der Waals surface area contributed by atoms with Crippen molar-refractivity contribution in [1.29, 1.82) is 0 Å². The average Bonchev–Trinajstić information content (AvgIpc) is 3.08. The molecule has 3 N–H and O–H groups in total. The normalized spacial score (nSPS) is 19.7. The number of urea groups is 1. The Morgan fingerprint density at radius 1 is 1.04 bits per heavy atom. The van der Waals surface area contributed by atoms with E-state index in [0.717, 1.165) is 24.3 Å². The number of nitrogens with one attached hydrogen (secondary N) is 3. The van der Waals surface area contributed by atoms with Crippen LogP contribution in [0.25, 0.3) is 0 Å². The van der Waals surface area contributed by atoms with Crippen LogP contribution in [0.4, 0.5) is 20.3 Å². The predicted octanol–water partition coefficient (Wildman–Crippen LogP) is 4.43. The molecule has 1 saturated carbocycles. The van der Waals surface area contributed by atoms with Gasteiger partial charge in [0.2, 0.25) is 0 Å². The van der Waals surface area contributed by atoms with Crippen molar-refractivity contribution < 1.29 is 14.3 Å². The van der Waals surface area contributed by atoms with E-state index in [-0.39, 0.29) is 18.2 Å². The fourth-order valence-corrected chi connectivity index (χ4v) is 3.50. The zero-order valence-electron chi connectivity index (χ0n) is 13.7. The van der Waals surface area contributed by atoms with Crippen LogP contribution >= 0.6 is 11.3 Å². The molecule has 0 bridgehead atoms. The Kier molecular flexibility index (Phi) is 5.90. The average molecular weight is 359 g/mol. The van der Waals surface area contributed by atoms with Gasteiger partial charge in [-0.3, -0.25) is 10.6 Å². The Hall–Kier alpha value is -2.54. The van der Waals surface area contributed by atoms with Crippen molar-refractivity contribution in [1.82, 2.24) is 5.32 Å². The Morgan fingerprint density at radius 2 is 1.88 bits per heavy atom. The molecule has 1 aliphatic carbocycles. The number of para-hydroxylation sites is 1. The molecule has 0 saturated heterocycles. The number of anilines is 2. The number of amides is 3. The van der Waals surface area contributed by atoms with Crippen LogP contribution < -0.4 is 16.0 Å². The molecule has 0 aliphatic heterocycles. The number of carbonyl (C=O) groups is 2. The summed E-state index contributed by atoms with van der Waals surface area (Å²) in [6, 6.07) is 12.7. The smallest absolute Gasteiger partial charge is 0.411 e. The number of hydrogen-bond donors (Lipinski definition) is 3. The van der Waals surface area contributed by atoms with Crippen molar-refractivity contribution in [3.8, 4) is 0 Å². The third-order valence-corrected chi connectivity index (χ3v) is 4.80. The summed E-state index contributed by atoms with van der Waals surface area (Å²) >= 11 is 1.47. The number of carbonyl (C=O) groups excluding carboxylic acids is 2. The second-order valence-corrected chi connectivity index (χ2v) is 6.91. The monoisotopic (exact) mass is 359 g/mol. The molecule has 2 atom stereocenters. The summed E-state index contributed by atoms with van der Waals surface area (Å²) in [4.78, 5) is 24.0. The van der Waals surface area contributed by atoms with Crippen molar-refractivity contribution in [2.45, 2.75) is 37.8 Å². The van der Waals surface area contributed by atoms with Gasteiger partial charge in [0.15, 0.2) is 0 Å². The Labute approximate surface area is 150 Å². The molecule has 132 valence electrons.